The minimum absolute atomic E-state index is 0.339. The van der Waals surface area contributed by atoms with Crippen molar-refractivity contribution in [2.75, 3.05) is 0 Å². The molecule has 0 aliphatic carbocycles. The van der Waals surface area contributed by atoms with E-state index in [2.05, 4.69) is 68.5 Å². The van der Waals surface area contributed by atoms with Crippen LogP contribution in [0.15, 0.2) is 53.0 Å². The van der Waals surface area contributed by atoms with Crippen LogP contribution in [0.5, 0.6) is 0 Å². The van der Waals surface area contributed by atoms with Gasteiger partial charge < -0.3 is 10.3 Å². The molecule has 3 nitrogen and oxygen atoms in total. The number of fused-ring (bicyclic) bond motifs is 1. The molecule has 1 aromatic heterocycles. The third-order valence-electron chi connectivity index (χ3n) is 3.63. The van der Waals surface area contributed by atoms with Crippen LogP contribution >= 0.6 is 15.9 Å². The highest BCUT2D eigenvalue weighted by Crippen LogP contribution is 2.20. The lowest BCUT2D eigenvalue weighted by molar-refractivity contribution is 0.510. The Morgan fingerprint density at radius 3 is 2.62 bits per heavy atom. The summed E-state index contributed by atoms with van der Waals surface area (Å²) < 4.78 is 1.11. The van der Waals surface area contributed by atoms with Gasteiger partial charge in [-0.2, -0.15) is 0 Å². The molecule has 0 spiro atoms. The van der Waals surface area contributed by atoms with Crippen LogP contribution < -0.4 is 5.32 Å². The standard InChI is InChI=1S/C17H18BrN3/c1-2-14(12-7-9-13(18)10-8-12)19-11-17-20-15-5-3-4-6-16(15)21-17/h3-10,14,19H,2,11H2,1H3,(H,20,21). The van der Waals surface area contributed by atoms with Crippen molar-refractivity contribution in [2.45, 2.75) is 25.9 Å². The topological polar surface area (TPSA) is 40.7 Å². The number of hydrogen-bond acceptors (Lipinski definition) is 2. The molecule has 4 heteroatoms. The summed E-state index contributed by atoms with van der Waals surface area (Å²) in [5.74, 6) is 0.978. The zero-order chi connectivity index (χ0) is 14.7. The molecule has 2 aromatic carbocycles. The fraction of sp³-hybridized carbons (Fsp3) is 0.235. The summed E-state index contributed by atoms with van der Waals surface area (Å²) in [6.45, 7) is 2.93. The highest BCUT2D eigenvalue weighted by atomic mass is 79.9. The average Bonchev–Trinajstić information content (AvgIpc) is 2.92. The molecule has 3 rings (SSSR count). The molecule has 21 heavy (non-hydrogen) atoms. The number of hydrogen-bond donors (Lipinski definition) is 2. The van der Waals surface area contributed by atoms with Gasteiger partial charge in [-0.1, -0.05) is 47.1 Å². The summed E-state index contributed by atoms with van der Waals surface area (Å²) in [4.78, 5) is 7.96. The molecule has 0 aliphatic rings. The SMILES string of the molecule is CCC(NCc1nc2ccccc2[nH]1)c1ccc(Br)cc1. The Bertz CT molecular complexity index is 685. The molecule has 1 heterocycles. The number of aromatic amines is 1. The van der Waals surface area contributed by atoms with Crippen LogP contribution in [0, 0.1) is 0 Å². The lowest BCUT2D eigenvalue weighted by Gasteiger charge is -2.16. The summed E-state index contributed by atoms with van der Waals surface area (Å²) in [5, 5.41) is 3.57. The first-order chi connectivity index (χ1) is 10.3. The van der Waals surface area contributed by atoms with Crippen LogP contribution in [0.4, 0.5) is 0 Å². The molecule has 2 N–H and O–H groups in total. The van der Waals surface area contributed by atoms with Crippen LogP contribution in [0.25, 0.3) is 11.0 Å². The van der Waals surface area contributed by atoms with E-state index in [4.69, 9.17) is 0 Å². The predicted molar refractivity (Wildman–Crippen MR) is 90.1 cm³/mol. The van der Waals surface area contributed by atoms with Crippen molar-refractivity contribution in [3.63, 3.8) is 0 Å². The molecule has 3 aromatic rings. The molecule has 0 saturated heterocycles. The predicted octanol–water partition coefficient (Wildman–Crippen LogP) is 4.57. The normalized spacial score (nSPS) is 12.7. The van der Waals surface area contributed by atoms with Crippen molar-refractivity contribution in [3.8, 4) is 0 Å². The zero-order valence-electron chi connectivity index (χ0n) is 11.9. The number of nitrogens with one attached hydrogen (secondary N) is 2. The maximum absolute atomic E-state index is 4.60. The van der Waals surface area contributed by atoms with Crippen LogP contribution in [0.1, 0.15) is 30.8 Å². The second-order valence-electron chi connectivity index (χ2n) is 5.09. The van der Waals surface area contributed by atoms with Crippen molar-refractivity contribution in [1.29, 1.82) is 0 Å². The van der Waals surface area contributed by atoms with Crippen LogP contribution in [-0.2, 0) is 6.54 Å². The second kappa shape index (κ2) is 6.41. The summed E-state index contributed by atoms with van der Waals surface area (Å²) in [7, 11) is 0. The van der Waals surface area contributed by atoms with Gasteiger partial charge in [-0.05, 0) is 36.2 Å². The molecular formula is C17H18BrN3. The molecule has 1 atom stereocenters. The Morgan fingerprint density at radius 1 is 1.14 bits per heavy atom. The van der Waals surface area contributed by atoms with Gasteiger partial charge in [0.25, 0.3) is 0 Å². The summed E-state index contributed by atoms with van der Waals surface area (Å²) in [6.07, 6.45) is 1.04. The Hall–Kier alpha value is -1.65. The van der Waals surface area contributed by atoms with E-state index in [1.165, 1.54) is 5.56 Å². The van der Waals surface area contributed by atoms with Gasteiger partial charge in [-0.3, -0.25) is 0 Å². The number of halogens is 1. The minimum atomic E-state index is 0.339. The number of aromatic nitrogens is 2. The van der Waals surface area contributed by atoms with E-state index in [1.807, 2.05) is 18.2 Å². The zero-order valence-corrected chi connectivity index (χ0v) is 13.5. The molecular weight excluding hydrogens is 326 g/mol. The van der Waals surface area contributed by atoms with Crippen LogP contribution in [0.3, 0.4) is 0 Å². The lowest BCUT2D eigenvalue weighted by Crippen LogP contribution is -2.20. The number of imidazole rings is 1. The quantitative estimate of drug-likeness (QED) is 0.712. The average molecular weight is 344 g/mol. The maximum Gasteiger partial charge on any atom is 0.121 e. The van der Waals surface area contributed by atoms with Crippen LogP contribution in [0.2, 0.25) is 0 Å². The second-order valence-corrected chi connectivity index (χ2v) is 6.01. The highest BCUT2D eigenvalue weighted by molar-refractivity contribution is 9.10. The van der Waals surface area contributed by atoms with Crippen molar-refractivity contribution in [3.05, 3.63) is 64.4 Å². The van der Waals surface area contributed by atoms with Gasteiger partial charge in [0.1, 0.15) is 5.82 Å². The van der Waals surface area contributed by atoms with E-state index in [0.717, 1.165) is 34.3 Å². The lowest BCUT2D eigenvalue weighted by atomic mass is 10.0. The smallest absolute Gasteiger partial charge is 0.121 e. The molecule has 108 valence electrons. The Kier molecular flexibility index (Phi) is 4.36. The largest absolute Gasteiger partial charge is 0.341 e. The molecule has 0 saturated carbocycles. The molecule has 0 amide bonds. The first kappa shape index (κ1) is 14.3. The molecule has 0 radical (unpaired) electrons. The van der Waals surface area contributed by atoms with E-state index in [0.29, 0.717) is 6.04 Å². The van der Waals surface area contributed by atoms with E-state index in [-0.39, 0.29) is 0 Å². The molecule has 1 unspecified atom stereocenters. The number of nitrogens with zero attached hydrogens (tertiary/aromatic N) is 1. The van der Waals surface area contributed by atoms with Crippen molar-refractivity contribution in [1.82, 2.24) is 15.3 Å². The maximum atomic E-state index is 4.60. The third kappa shape index (κ3) is 3.34. The van der Waals surface area contributed by atoms with Crippen molar-refractivity contribution >= 4 is 27.0 Å². The number of para-hydroxylation sites is 2. The summed E-state index contributed by atoms with van der Waals surface area (Å²) in [6, 6.07) is 16.9. The molecule has 0 bridgehead atoms. The molecule has 0 aliphatic heterocycles. The van der Waals surface area contributed by atoms with E-state index in [1.54, 1.807) is 0 Å². The van der Waals surface area contributed by atoms with Gasteiger partial charge in [-0.15, -0.1) is 0 Å². The number of rotatable bonds is 5. The van der Waals surface area contributed by atoms with E-state index in [9.17, 15) is 0 Å². The van der Waals surface area contributed by atoms with Crippen molar-refractivity contribution < 1.29 is 0 Å². The Balaban J connectivity index is 1.71. The van der Waals surface area contributed by atoms with Gasteiger partial charge >= 0.3 is 0 Å². The Labute approximate surface area is 132 Å². The summed E-state index contributed by atoms with van der Waals surface area (Å²) in [5.41, 5.74) is 3.41. The fourth-order valence-electron chi connectivity index (χ4n) is 2.50. The van der Waals surface area contributed by atoms with Gasteiger partial charge in [0.05, 0.1) is 17.6 Å². The van der Waals surface area contributed by atoms with Gasteiger partial charge in [0, 0.05) is 10.5 Å². The first-order valence-corrected chi connectivity index (χ1v) is 7.98. The fourth-order valence-corrected chi connectivity index (χ4v) is 2.77. The number of benzene rings is 2. The first-order valence-electron chi connectivity index (χ1n) is 7.18. The van der Waals surface area contributed by atoms with Gasteiger partial charge in [-0.25, -0.2) is 4.98 Å². The van der Waals surface area contributed by atoms with Gasteiger partial charge in [0.15, 0.2) is 0 Å². The van der Waals surface area contributed by atoms with E-state index < -0.39 is 0 Å². The van der Waals surface area contributed by atoms with Gasteiger partial charge in [0.2, 0.25) is 0 Å². The molecule has 0 fully saturated rings. The van der Waals surface area contributed by atoms with Crippen molar-refractivity contribution in [2.24, 2.45) is 0 Å². The van der Waals surface area contributed by atoms with Crippen LogP contribution in [-0.4, -0.2) is 9.97 Å². The third-order valence-corrected chi connectivity index (χ3v) is 4.16. The minimum Gasteiger partial charge on any atom is -0.341 e. The summed E-state index contributed by atoms with van der Waals surface area (Å²) >= 11 is 3.48. The van der Waals surface area contributed by atoms with E-state index >= 15 is 0 Å². The number of H-pyrrole nitrogens is 1. The monoisotopic (exact) mass is 343 g/mol. The highest BCUT2D eigenvalue weighted by Gasteiger charge is 2.10. The Morgan fingerprint density at radius 2 is 1.90 bits per heavy atom.